The molecule has 0 aliphatic carbocycles. The number of hydrogen-bond acceptors (Lipinski definition) is 3. The fourth-order valence-corrected chi connectivity index (χ4v) is 3.54. The van der Waals surface area contributed by atoms with Gasteiger partial charge in [0, 0.05) is 18.3 Å². The van der Waals surface area contributed by atoms with Gasteiger partial charge < -0.3 is 4.90 Å². The normalized spacial score (nSPS) is 17.6. The molecule has 2 aromatic rings. The summed E-state index contributed by atoms with van der Waals surface area (Å²) < 4.78 is 23.0. The Balaban J connectivity index is 1.91. The Bertz CT molecular complexity index is 798. The molecular weight excluding hydrogens is 296 g/mol. The summed E-state index contributed by atoms with van der Waals surface area (Å²) in [4.78, 5) is 2.50. The zero-order chi connectivity index (χ0) is 15.9. The van der Waals surface area contributed by atoms with E-state index < -0.39 is 10.0 Å². The molecule has 2 N–H and O–H groups in total. The first kappa shape index (κ1) is 15.1. The number of rotatable bonds is 3. The van der Waals surface area contributed by atoms with Crippen molar-refractivity contribution in [2.75, 3.05) is 4.90 Å². The highest BCUT2D eigenvalue weighted by atomic mass is 32.2. The van der Waals surface area contributed by atoms with Crippen LogP contribution < -0.4 is 10.0 Å². The van der Waals surface area contributed by atoms with E-state index in [1.165, 1.54) is 11.1 Å². The van der Waals surface area contributed by atoms with Crippen molar-refractivity contribution < 1.29 is 8.42 Å². The lowest BCUT2D eigenvalue weighted by Crippen LogP contribution is -2.28. The SMILES string of the molecule is Cc1ccc(CN2c3ccc(S(N)(=O)=O)cc3C[C@H]2C)cc1. The van der Waals surface area contributed by atoms with Crippen LogP contribution in [0.1, 0.15) is 23.6 Å². The summed E-state index contributed by atoms with van der Waals surface area (Å²) in [6, 6.07) is 14.0. The van der Waals surface area contributed by atoms with Crippen molar-refractivity contribution in [1.29, 1.82) is 0 Å². The van der Waals surface area contributed by atoms with Gasteiger partial charge in [-0.3, -0.25) is 0 Å². The number of aryl methyl sites for hydroxylation is 1. The lowest BCUT2D eigenvalue weighted by Gasteiger charge is -2.25. The van der Waals surface area contributed by atoms with Gasteiger partial charge in [-0.15, -0.1) is 0 Å². The van der Waals surface area contributed by atoms with Gasteiger partial charge in [0.2, 0.25) is 10.0 Å². The molecule has 0 radical (unpaired) electrons. The number of nitrogens with zero attached hydrogens (tertiary/aromatic N) is 1. The number of sulfonamides is 1. The molecular formula is C17H20N2O2S. The Labute approximate surface area is 131 Å². The quantitative estimate of drug-likeness (QED) is 0.946. The van der Waals surface area contributed by atoms with Gasteiger partial charge in [-0.25, -0.2) is 13.6 Å². The molecule has 1 atom stereocenters. The van der Waals surface area contributed by atoms with Gasteiger partial charge in [0.15, 0.2) is 0 Å². The molecule has 1 aliphatic rings. The second-order valence-electron chi connectivity index (χ2n) is 6.00. The van der Waals surface area contributed by atoms with Crippen molar-refractivity contribution in [3.8, 4) is 0 Å². The molecule has 0 amide bonds. The van der Waals surface area contributed by atoms with Gasteiger partial charge in [-0.05, 0) is 49.6 Å². The minimum atomic E-state index is -3.64. The lowest BCUT2D eigenvalue weighted by molar-refractivity contribution is 0.597. The highest BCUT2D eigenvalue weighted by Gasteiger charge is 2.27. The molecule has 0 spiro atoms. The van der Waals surface area contributed by atoms with Gasteiger partial charge >= 0.3 is 0 Å². The van der Waals surface area contributed by atoms with E-state index in [-0.39, 0.29) is 4.90 Å². The third kappa shape index (κ3) is 2.87. The van der Waals surface area contributed by atoms with Crippen LogP contribution in [0.3, 0.4) is 0 Å². The Kier molecular flexibility index (Phi) is 3.70. The number of nitrogens with two attached hydrogens (primary N) is 1. The van der Waals surface area contributed by atoms with Crippen molar-refractivity contribution in [3.05, 3.63) is 59.2 Å². The number of primary sulfonamides is 1. The largest absolute Gasteiger partial charge is 0.364 e. The Hall–Kier alpha value is -1.85. The predicted octanol–water partition coefficient (Wildman–Crippen LogP) is 2.59. The number of benzene rings is 2. The monoisotopic (exact) mass is 316 g/mol. The smallest absolute Gasteiger partial charge is 0.238 e. The van der Waals surface area contributed by atoms with Gasteiger partial charge in [0.1, 0.15) is 0 Å². The summed E-state index contributed by atoms with van der Waals surface area (Å²) >= 11 is 0. The van der Waals surface area contributed by atoms with E-state index in [0.29, 0.717) is 6.04 Å². The van der Waals surface area contributed by atoms with Crippen LogP contribution in [0.4, 0.5) is 5.69 Å². The van der Waals surface area contributed by atoms with E-state index in [9.17, 15) is 8.42 Å². The van der Waals surface area contributed by atoms with E-state index in [4.69, 9.17) is 5.14 Å². The molecule has 0 saturated heterocycles. The molecule has 22 heavy (non-hydrogen) atoms. The topological polar surface area (TPSA) is 63.4 Å². The first-order valence-electron chi connectivity index (χ1n) is 7.32. The van der Waals surface area contributed by atoms with Crippen molar-refractivity contribution in [3.63, 3.8) is 0 Å². The van der Waals surface area contributed by atoms with Gasteiger partial charge in [-0.2, -0.15) is 0 Å². The summed E-state index contributed by atoms with van der Waals surface area (Å²) in [5.41, 5.74) is 4.64. The molecule has 0 bridgehead atoms. The third-order valence-corrected chi connectivity index (χ3v) is 5.12. The molecule has 116 valence electrons. The first-order valence-corrected chi connectivity index (χ1v) is 8.87. The molecule has 0 saturated carbocycles. The van der Waals surface area contributed by atoms with Crippen LogP contribution in [-0.2, 0) is 23.0 Å². The fourth-order valence-electron chi connectivity index (χ4n) is 2.98. The Morgan fingerprint density at radius 2 is 1.86 bits per heavy atom. The first-order chi connectivity index (χ1) is 10.3. The molecule has 2 aromatic carbocycles. The van der Waals surface area contributed by atoms with E-state index >= 15 is 0 Å². The van der Waals surface area contributed by atoms with E-state index in [1.54, 1.807) is 12.1 Å². The van der Waals surface area contributed by atoms with Gasteiger partial charge in [0.25, 0.3) is 0 Å². The van der Waals surface area contributed by atoms with Crippen LogP contribution >= 0.6 is 0 Å². The molecule has 0 aromatic heterocycles. The predicted molar refractivity (Wildman–Crippen MR) is 88.3 cm³/mol. The molecule has 0 unspecified atom stereocenters. The van der Waals surface area contributed by atoms with E-state index in [2.05, 4.69) is 43.0 Å². The third-order valence-electron chi connectivity index (χ3n) is 4.21. The molecule has 0 fully saturated rings. The van der Waals surface area contributed by atoms with Gasteiger partial charge in [0.05, 0.1) is 4.90 Å². The average molecular weight is 316 g/mol. The van der Waals surface area contributed by atoms with Gasteiger partial charge in [-0.1, -0.05) is 29.8 Å². The molecule has 4 nitrogen and oxygen atoms in total. The van der Waals surface area contributed by atoms with Crippen LogP contribution in [0, 0.1) is 6.92 Å². The second kappa shape index (κ2) is 5.41. The fraction of sp³-hybridized carbons (Fsp3) is 0.294. The maximum atomic E-state index is 11.5. The van der Waals surface area contributed by atoms with Crippen molar-refractivity contribution in [2.24, 2.45) is 5.14 Å². The lowest BCUT2D eigenvalue weighted by atomic mass is 10.1. The highest BCUT2D eigenvalue weighted by Crippen LogP contribution is 2.34. The van der Waals surface area contributed by atoms with Crippen LogP contribution in [0.2, 0.25) is 0 Å². The summed E-state index contributed by atoms with van der Waals surface area (Å²) in [7, 11) is -3.64. The van der Waals surface area contributed by atoms with Crippen molar-refractivity contribution >= 4 is 15.7 Å². The zero-order valence-corrected chi connectivity index (χ0v) is 13.6. The van der Waals surface area contributed by atoms with Crippen LogP contribution in [-0.4, -0.2) is 14.5 Å². The summed E-state index contributed by atoms with van der Waals surface area (Å²) in [6.07, 6.45) is 0.838. The van der Waals surface area contributed by atoms with E-state index in [0.717, 1.165) is 24.2 Å². The number of anilines is 1. The minimum absolute atomic E-state index is 0.190. The second-order valence-corrected chi connectivity index (χ2v) is 7.56. The van der Waals surface area contributed by atoms with E-state index in [1.807, 2.05) is 6.07 Å². The summed E-state index contributed by atoms with van der Waals surface area (Å²) in [5, 5.41) is 5.22. The number of hydrogen-bond donors (Lipinski definition) is 1. The highest BCUT2D eigenvalue weighted by molar-refractivity contribution is 7.89. The molecule has 1 aliphatic heterocycles. The number of fused-ring (bicyclic) bond motifs is 1. The average Bonchev–Trinajstić information content (AvgIpc) is 2.76. The summed E-state index contributed by atoms with van der Waals surface area (Å²) in [5.74, 6) is 0. The minimum Gasteiger partial charge on any atom is -0.364 e. The standard InChI is InChI=1S/C17H20N2O2S/c1-12-3-5-14(6-4-12)11-19-13(2)9-15-10-16(22(18,20)21)7-8-17(15)19/h3-8,10,13H,9,11H2,1-2H3,(H2,18,20,21)/t13-/m1/s1. The van der Waals surface area contributed by atoms with Crippen LogP contribution in [0.5, 0.6) is 0 Å². The Morgan fingerprint density at radius 1 is 1.18 bits per heavy atom. The molecule has 3 rings (SSSR count). The van der Waals surface area contributed by atoms with Crippen LogP contribution in [0.25, 0.3) is 0 Å². The Morgan fingerprint density at radius 3 is 2.50 bits per heavy atom. The maximum Gasteiger partial charge on any atom is 0.238 e. The summed E-state index contributed by atoms with van der Waals surface area (Å²) in [6.45, 7) is 5.06. The van der Waals surface area contributed by atoms with Crippen molar-refractivity contribution in [2.45, 2.75) is 37.8 Å². The molecule has 5 heteroatoms. The maximum absolute atomic E-state index is 11.5. The molecule has 1 heterocycles. The van der Waals surface area contributed by atoms with Crippen molar-refractivity contribution in [1.82, 2.24) is 0 Å². The van der Waals surface area contributed by atoms with Crippen LogP contribution in [0.15, 0.2) is 47.4 Å². The zero-order valence-electron chi connectivity index (χ0n) is 12.8.